The molecule has 0 unspecified atom stereocenters. The number of Topliss-reactive ketones (excluding diaryl/α,β-unsaturated/α-hetero) is 1. The molecule has 0 spiro atoms. The summed E-state index contributed by atoms with van der Waals surface area (Å²) in [7, 11) is 0. The van der Waals surface area contributed by atoms with Crippen molar-refractivity contribution in [1.29, 1.82) is 0 Å². The van der Waals surface area contributed by atoms with Gasteiger partial charge in [-0.2, -0.15) is 0 Å². The average Bonchev–Trinajstić information content (AvgIpc) is 1.84. The number of rotatable bonds is 5. The maximum absolute atomic E-state index is 11.2. The Morgan fingerprint density at radius 1 is 1.55 bits per heavy atom. The van der Waals surface area contributed by atoms with Crippen LogP contribution in [0.2, 0.25) is 0 Å². The molecule has 0 aromatic carbocycles. The number of ketones is 1. The molecule has 64 valence electrons. The molecule has 1 aliphatic carbocycles. The van der Waals surface area contributed by atoms with Gasteiger partial charge < -0.3 is 4.74 Å². The van der Waals surface area contributed by atoms with E-state index in [1.165, 1.54) is 6.42 Å². The molecule has 1 fully saturated rings. The third-order valence-electron chi connectivity index (χ3n) is 2.15. The fourth-order valence-corrected chi connectivity index (χ4v) is 1.17. The van der Waals surface area contributed by atoms with Crippen molar-refractivity contribution in [3.8, 4) is 0 Å². The SMILES string of the molecule is CCCOCC(=O)C1CCC1. The predicted octanol–water partition coefficient (Wildman–Crippen LogP) is 1.78. The fraction of sp³-hybridized carbons (Fsp3) is 0.889. The molecule has 0 radical (unpaired) electrons. The molecule has 0 bridgehead atoms. The largest absolute Gasteiger partial charge is 0.374 e. The van der Waals surface area contributed by atoms with Crippen molar-refractivity contribution in [3.63, 3.8) is 0 Å². The van der Waals surface area contributed by atoms with Gasteiger partial charge in [-0.15, -0.1) is 0 Å². The highest BCUT2D eigenvalue weighted by Crippen LogP contribution is 2.26. The van der Waals surface area contributed by atoms with Gasteiger partial charge in [-0.25, -0.2) is 0 Å². The summed E-state index contributed by atoms with van der Waals surface area (Å²) in [6.07, 6.45) is 4.41. The van der Waals surface area contributed by atoms with Gasteiger partial charge in [0.25, 0.3) is 0 Å². The van der Waals surface area contributed by atoms with Crippen LogP contribution >= 0.6 is 0 Å². The molecule has 1 saturated carbocycles. The Morgan fingerprint density at radius 2 is 2.27 bits per heavy atom. The molecule has 11 heavy (non-hydrogen) atoms. The number of carbonyl (C=O) groups excluding carboxylic acids is 1. The number of ether oxygens (including phenoxy) is 1. The second kappa shape index (κ2) is 4.50. The lowest BCUT2D eigenvalue weighted by Crippen LogP contribution is -2.25. The molecular weight excluding hydrogens is 140 g/mol. The van der Waals surface area contributed by atoms with Gasteiger partial charge in [0.2, 0.25) is 0 Å². The highest BCUT2D eigenvalue weighted by Gasteiger charge is 2.24. The molecule has 2 heteroatoms. The molecule has 0 aliphatic heterocycles. The zero-order chi connectivity index (χ0) is 8.10. The maximum Gasteiger partial charge on any atom is 0.161 e. The number of hydrogen-bond acceptors (Lipinski definition) is 2. The van der Waals surface area contributed by atoms with Crippen molar-refractivity contribution in [3.05, 3.63) is 0 Å². The summed E-state index contributed by atoms with van der Waals surface area (Å²) < 4.78 is 5.15. The molecule has 0 aromatic heterocycles. The Kier molecular flexibility index (Phi) is 3.57. The first kappa shape index (κ1) is 8.72. The van der Waals surface area contributed by atoms with E-state index in [1.54, 1.807) is 0 Å². The van der Waals surface area contributed by atoms with Crippen molar-refractivity contribution >= 4 is 5.78 Å². The molecule has 0 N–H and O–H groups in total. The number of carbonyl (C=O) groups is 1. The van der Waals surface area contributed by atoms with E-state index >= 15 is 0 Å². The highest BCUT2D eigenvalue weighted by atomic mass is 16.5. The molecule has 1 aliphatic rings. The van der Waals surface area contributed by atoms with Crippen LogP contribution in [0.5, 0.6) is 0 Å². The van der Waals surface area contributed by atoms with Gasteiger partial charge in [-0.3, -0.25) is 4.79 Å². The van der Waals surface area contributed by atoms with Crippen LogP contribution in [0.3, 0.4) is 0 Å². The van der Waals surface area contributed by atoms with Crippen LogP contribution in [0.15, 0.2) is 0 Å². The van der Waals surface area contributed by atoms with Gasteiger partial charge in [0, 0.05) is 12.5 Å². The third kappa shape index (κ3) is 2.62. The lowest BCUT2D eigenvalue weighted by atomic mass is 9.82. The lowest BCUT2D eigenvalue weighted by molar-refractivity contribution is -0.129. The van der Waals surface area contributed by atoms with Gasteiger partial charge in [0.15, 0.2) is 5.78 Å². The lowest BCUT2D eigenvalue weighted by Gasteiger charge is -2.23. The standard InChI is InChI=1S/C9H16O2/c1-2-6-11-7-9(10)8-4-3-5-8/h8H,2-7H2,1H3. The monoisotopic (exact) mass is 156 g/mol. The van der Waals surface area contributed by atoms with E-state index in [4.69, 9.17) is 4.74 Å². The molecule has 0 saturated heterocycles. The summed E-state index contributed by atoms with van der Waals surface area (Å²) in [6, 6.07) is 0. The van der Waals surface area contributed by atoms with Crippen LogP contribution in [0.4, 0.5) is 0 Å². The van der Waals surface area contributed by atoms with Crippen LogP contribution < -0.4 is 0 Å². The fourth-order valence-electron chi connectivity index (χ4n) is 1.17. The molecule has 2 nitrogen and oxygen atoms in total. The van der Waals surface area contributed by atoms with Crippen molar-refractivity contribution in [1.82, 2.24) is 0 Å². The Morgan fingerprint density at radius 3 is 2.73 bits per heavy atom. The minimum absolute atomic E-state index is 0.310. The van der Waals surface area contributed by atoms with Crippen LogP contribution in [0, 0.1) is 5.92 Å². The second-order valence-electron chi connectivity index (χ2n) is 3.15. The second-order valence-corrected chi connectivity index (χ2v) is 3.15. The van der Waals surface area contributed by atoms with E-state index in [0.29, 0.717) is 18.3 Å². The minimum atomic E-state index is 0.310. The molecular formula is C9H16O2. The Balaban J connectivity index is 2.01. The Labute approximate surface area is 67.9 Å². The quantitative estimate of drug-likeness (QED) is 0.567. The van der Waals surface area contributed by atoms with Crippen LogP contribution in [0.25, 0.3) is 0 Å². The first-order valence-electron chi connectivity index (χ1n) is 4.45. The summed E-state index contributed by atoms with van der Waals surface area (Å²) >= 11 is 0. The molecule has 0 amide bonds. The minimum Gasteiger partial charge on any atom is -0.374 e. The summed E-state index contributed by atoms with van der Waals surface area (Å²) in [5.41, 5.74) is 0. The van der Waals surface area contributed by atoms with E-state index in [-0.39, 0.29) is 0 Å². The van der Waals surface area contributed by atoms with Crippen LogP contribution in [-0.4, -0.2) is 19.0 Å². The van der Waals surface area contributed by atoms with Gasteiger partial charge in [0.1, 0.15) is 6.61 Å². The van der Waals surface area contributed by atoms with Gasteiger partial charge in [-0.05, 0) is 19.3 Å². The first-order valence-corrected chi connectivity index (χ1v) is 4.45. The van der Waals surface area contributed by atoms with Gasteiger partial charge in [0.05, 0.1) is 0 Å². The smallest absolute Gasteiger partial charge is 0.161 e. The predicted molar refractivity (Wildman–Crippen MR) is 43.5 cm³/mol. The van der Waals surface area contributed by atoms with Gasteiger partial charge >= 0.3 is 0 Å². The molecule has 0 heterocycles. The van der Waals surface area contributed by atoms with Crippen LogP contribution in [0.1, 0.15) is 32.6 Å². The summed E-state index contributed by atoms with van der Waals surface area (Å²) in [4.78, 5) is 11.2. The van der Waals surface area contributed by atoms with Crippen LogP contribution in [-0.2, 0) is 9.53 Å². The Bertz CT molecular complexity index is 128. The van der Waals surface area contributed by atoms with E-state index in [9.17, 15) is 4.79 Å². The first-order chi connectivity index (χ1) is 5.34. The Hall–Kier alpha value is -0.370. The summed E-state index contributed by atoms with van der Waals surface area (Å²) in [6.45, 7) is 3.12. The third-order valence-corrected chi connectivity index (χ3v) is 2.15. The maximum atomic E-state index is 11.2. The molecule has 1 rings (SSSR count). The highest BCUT2D eigenvalue weighted by molar-refractivity contribution is 5.82. The van der Waals surface area contributed by atoms with Crippen molar-refractivity contribution in [2.45, 2.75) is 32.6 Å². The number of hydrogen-bond donors (Lipinski definition) is 0. The average molecular weight is 156 g/mol. The van der Waals surface area contributed by atoms with E-state index in [1.807, 2.05) is 6.92 Å². The summed E-state index contributed by atoms with van der Waals surface area (Å²) in [5, 5.41) is 0. The van der Waals surface area contributed by atoms with Crippen molar-refractivity contribution in [2.24, 2.45) is 5.92 Å². The topological polar surface area (TPSA) is 26.3 Å². The molecule has 0 atom stereocenters. The van der Waals surface area contributed by atoms with E-state index in [0.717, 1.165) is 25.9 Å². The van der Waals surface area contributed by atoms with Crippen molar-refractivity contribution in [2.75, 3.05) is 13.2 Å². The van der Waals surface area contributed by atoms with E-state index < -0.39 is 0 Å². The zero-order valence-corrected chi connectivity index (χ0v) is 7.14. The zero-order valence-electron chi connectivity index (χ0n) is 7.14. The van der Waals surface area contributed by atoms with Crippen molar-refractivity contribution < 1.29 is 9.53 Å². The van der Waals surface area contributed by atoms with Gasteiger partial charge in [-0.1, -0.05) is 13.3 Å². The summed E-state index contributed by atoms with van der Waals surface area (Å²) in [5.74, 6) is 0.650. The van der Waals surface area contributed by atoms with E-state index in [2.05, 4.69) is 0 Å². The normalized spacial score (nSPS) is 17.9. The molecule has 0 aromatic rings.